The number of benzene rings is 2. The van der Waals surface area contributed by atoms with E-state index >= 15 is 0 Å². The molecule has 0 radical (unpaired) electrons. The lowest BCUT2D eigenvalue weighted by Gasteiger charge is -2.21. The van der Waals surface area contributed by atoms with E-state index in [0.717, 1.165) is 36.1 Å². The van der Waals surface area contributed by atoms with Gasteiger partial charge in [-0.05, 0) is 62.8 Å². The van der Waals surface area contributed by atoms with E-state index in [-0.39, 0.29) is 12.5 Å². The molecule has 1 aliphatic rings. The number of hydrogen-bond acceptors (Lipinski definition) is 5. The molecule has 6 heteroatoms. The highest BCUT2D eigenvalue weighted by molar-refractivity contribution is 5.80. The van der Waals surface area contributed by atoms with Gasteiger partial charge in [0.25, 0.3) is 5.91 Å². The third-order valence-corrected chi connectivity index (χ3v) is 5.18. The number of carbonyl (C=O) groups excluding carboxylic acids is 1. The van der Waals surface area contributed by atoms with Gasteiger partial charge in [-0.3, -0.25) is 4.79 Å². The van der Waals surface area contributed by atoms with Crippen molar-refractivity contribution in [2.75, 3.05) is 0 Å². The zero-order chi connectivity index (χ0) is 20.2. The number of nitrogens with zero attached hydrogens (tertiary/aromatic N) is 2. The summed E-state index contributed by atoms with van der Waals surface area (Å²) >= 11 is 0. The van der Waals surface area contributed by atoms with Crippen LogP contribution in [-0.4, -0.2) is 22.2 Å². The first-order chi connectivity index (χ1) is 14.1. The zero-order valence-corrected chi connectivity index (χ0v) is 16.8. The Morgan fingerprint density at radius 3 is 2.90 bits per heavy atom. The van der Waals surface area contributed by atoms with Crippen molar-refractivity contribution < 1.29 is 14.1 Å². The highest BCUT2D eigenvalue weighted by Crippen LogP contribution is 2.30. The van der Waals surface area contributed by atoms with E-state index in [9.17, 15) is 4.79 Å². The smallest absolute Gasteiger partial charge is 0.261 e. The number of rotatable bonds is 6. The summed E-state index contributed by atoms with van der Waals surface area (Å²) in [5, 5.41) is 6.81. The molecule has 0 spiro atoms. The maximum Gasteiger partial charge on any atom is 0.261 e. The molecular weight excluding hydrogens is 366 g/mol. The second-order valence-electron chi connectivity index (χ2n) is 7.46. The minimum Gasteiger partial charge on any atom is -0.481 e. The van der Waals surface area contributed by atoms with Crippen LogP contribution in [0.3, 0.4) is 0 Å². The van der Waals surface area contributed by atoms with E-state index in [2.05, 4.69) is 21.5 Å². The normalized spacial score (nSPS) is 14.1. The average Bonchev–Trinajstić information content (AvgIpc) is 3.21. The van der Waals surface area contributed by atoms with E-state index in [0.29, 0.717) is 11.7 Å². The summed E-state index contributed by atoms with van der Waals surface area (Å²) in [7, 11) is 0. The summed E-state index contributed by atoms with van der Waals surface area (Å²) < 4.78 is 11.2. The molecule has 3 aromatic rings. The first-order valence-corrected chi connectivity index (χ1v) is 10.0. The minimum absolute atomic E-state index is 0.165. The van der Waals surface area contributed by atoms with E-state index in [1.165, 1.54) is 17.5 Å². The summed E-state index contributed by atoms with van der Waals surface area (Å²) in [6.45, 7) is 3.93. The Morgan fingerprint density at radius 1 is 1.21 bits per heavy atom. The van der Waals surface area contributed by atoms with Gasteiger partial charge < -0.3 is 14.6 Å². The van der Waals surface area contributed by atoms with Gasteiger partial charge in [-0.25, -0.2) is 0 Å². The zero-order valence-electron chi connectivity index (χ0n) is 16.8. The largest absolute Gasteiger partial charge is 0.481 e. The lowest BCUT2D eigenvalue weighted by molar-refractivity contribution is -0.127. The van der Waals surface area contributed by atoms with E-state index in [1.807, 2.05) is 43.3 Å². The van der Waals surface area contributed by atoms with Crippen LogP contribution in [0.4, 0.5) is 0 Å². The molecule has 0 unspecified atom stereocenters. The van der Waals surface area contributed by atoms with Gasteiger partial charge in [-0.2, -0.15) is 4.98 Å². The molecule has 0 aliphatic heterocycles. The average molecular weight is 391 g/mol. The Labute approximate surface area is 170 Å². The summed E-state index contributed by atoms with van der Waals surface area (Å²) in [5.41, 5.74) is 4.57. The van der Waals surface area contributed by atoms with Crippen LogP contribution in [0, 0.1) is 6.92 Å². The van der Waals surface area contributed by atoms with Gasteiger partial charge in [-0.15, -0.1) is 0 Å². The van der Waals surface area contributed by atoms with Crippen molar-refractivity contribution in [1.29, 1.82) is 0 Å². The number of aryl methyl sites for hydroxylation is 2. The second-order valence-corrected chi connectivity index (χ2v) is 7.46. The predicted octanol–water partition coefficient (Wildman–Crippen LogP) is 4.01. The minimum atomic E-state index is -0.609. The topological polar surface area (TPSA) is 77.2 Å². The molecule has 2 aromatic carbocycles. The maximum absolute atomic E-state index is 12.5. The molecule has 4 rings (SSSR count). The summed E-state index contributed by atoms with van der Waals surface area (Å²) in [5.74, 6) is 1.47. The number of carbonyl (C=O) groups is 1. The van der Waals surface area contributed by atoms with Gasteiger partial charge in [0.15, 0.2) is 6.10 Å². The molecule has 1 aliphatic carbocycles. The molecular formula is C23H25N3O3. The highest BCUT2D eigenvalue weighted by atomic mass is 16.5. The van der Waals surface area contributed by atoms with Gasteiger partial charge in [0.1, 0.15) is 5.75 Å². The van der Waals surface area contributed by atoms with Crippen molar-refractivity contribution in [1.82, 2.24) is 15.5 Å². The highest BCUT2D eigenvalue weighted by Gasteiger charge is 2.20. The molecule has 150 valence electrons. The molecule has 0 bridgehead atoms. The Hall–Kier alpha value is -3.15. The second kappa shape index (κ2) is 8.47. The van der Waals surface area contributed by atoms with Crippen LogP contribution >= 0.6 is 0 Å². The molecule has 0 saturated carbocycles. The third kappa shape index (κ3) is 4.47. The Morgan fingerprint density at radius 2 is 2.03 bits per heavy atom. The number of ether oxygens (including phenoxy) is 1. The molecule has 0 saturated heterocycles. The van der Waals surface area contributed by atoms with Crippen molar-refractivity contribution in [2.45, 2.75) is 52.2 Å². The van der Waals surface area contributed by atoms with Gasteiger partial charge >= 0.3 is 0 Å². The van der Waals surface area contributed by atoms with Crippen LogP contribution in [-0.2, 0) is 24.2 Å². The SMILES string of the molecule is Cc1cccc(-c2noc(CNC(=O)[C@@H](C)Oc3cccc4c3CCCC4)n2)c1. The molecule has 29 heavy (non-hydrogen) atoms. The van der Waals surface area contributed by atoms with Crippen LogP contribution < -0.4 is 10.1 Å². The Bertz CT molecular complexity index is 1010. The number of fused-ring (bicyclic) bond motifs is 1. The fraction of sp³-hybridized carbons (Fsp3) is 0.348. The molecule has 1 N–H and O–H groups in total. The molecule has 1 amide bonds. The fourth-order valence-corrected chi connectivity index (χ4v) is 3.64. The molecule has 1 aromatic heterocycles. The van der Waals surface area contributed by atoms with Crippen LogP contribution in [0.2, 0.25) is 0 Å². The van der Waals surface area contributed by atoms with E-state index in [1.54, 1.807) is 6.92 Å². The monoisotopic (exact) mass is 391 g/mol. The Kier molecular flexibility index (Phi) is 5.60. The van der Waals surface area contributed by atoms with Crippen molar-refractivity contribution >= 4 is 5.91 Å². The molecule has 1 heterocycles. The van der Waals surface area contributed by atoms with Crippen molar-refractivity contribution in [3.63, 3.8) is 0 Å². The van der Waals surface area contributed by atoms with Crippen molar-refractivity contribution in [3.8, 4) is 17.1 Å². The Balaban J connectivity index is 1.35. The number of amides is 1. The quantitative estimate of drug-likeness (QED) is 0.687. The first-order valence-electron chi connectivity index (χ1n) is 10.0. The standard InChI is InChI=1S/C23H25N3O3/c1-15-7-5-10-18(13-15)22-25-21(29-26-22)14-24-23(27)16(2)28-20-12-6-9-17-8-3-4-11-19(17)20/h5-7,9-10,12-13,16H,3-4,8,11,14H2,1-2H3,(H,24,27)/t16-/m1/s1. The molecule has 6 nitrogen and oxygen atoms in total. The molecule has 1 atom stereocenters. The van der Waals surface area contributed by atoms with Gasteiger partial charge in [0.05, 0.1) is 6.54 Å². The lowest BCUT2D eigenvalue weighted by Crippen LogP contribution is -2.36. The number of nitrogens with one attached hydrogen (secondary N) is 1. The first kappa shape index (κ1) is 19.2. The van der Waals surface area contributed by atoms with Crippen LogP contribution in [0.15, 0.2) is 47.0 Å². The number of aromatic nitrogens is 2. The van der Waals surface area contributed by atoms with Crippen LogP contribution in [0.5, 0.6) is 5.75 Å². The summed E-state index contributed by atoms with van der Waals surface area (Å²) in [6, 6.07) is 14.0. The fourth-order valence-electron chi connectivity index (χ4n) is 3.64. The van der Waals surface area contributed by atoms with E-state index < -0.39 is 6.10 Å². The predicted molar refractivity (Wildman–Crippen MR) is 109 cm³/mol. The summed E-state index contributed by atoms with van der Waals surface area (Å²) in [4.78, 5) is 16.8. The van der Waals surface area contributed by atoms with Gasteiger partial charge in [-0.1, -0.05) is 41.1 Å². The van der Waals surface area contributed by atoms with Gasteiger partial charge in [0.2, 0.25) is 11.7 Å². The van der Waals surface area contributed by atoms with Crippen LogP contribution in [0.25, 0.3) is 11.4 Å². The number of hydrogen-bond donors (Lipinski definition) is 1. The van der Waals surface area contributed by atoms with Crippen LogP contribution in [0.1, 0.15) is 42.3 Å². The summed E-state index contributed by atoms with van der Waals surface area (Å²) in [6.07, 6.45) is 3.84. The van der Waals surface area contributed by atoms with Crippen molar-refractivity contribution in [2.24, 2.45) is 0 Å². The van der Waals surface area contributed by atoms with Crippen molar-refractivity contribution in [3.05, 3.63) is 65.0 Å². The third-order valence-electron chi connectivity index (χ3n) is 5.18. The van der Waals surface area contributed by atoms with E-state index in [4.69, 9.17) is 9.26 Å². The maximum atomic E-state index is 12.5. The van der Waals surface area contributed by atoms with Gasteiger partial charge in [0, 0.05) is 5.56 Å². The molecule has 0 fully saturated rings. The lowest BCUT2D eigenvalue weighted by atomic mass is 9.91.